The van der Waals surface area contributed by atoms with E-state index in [1.54, 1.807) is 48.7 Å². The number of hydrogen-bond donors (Lipinski definition) is 2. The Morgan fingerprint density at radius 3 is 2.52 bits per heavy atom. The van der Waals surface area contributed by atoms with Gasteiger partial charge in [0, 0.05) is 17.4 Å². The number of aromatic nitrogens is 1. The monoisotopic (exact) mass is 459 g/mol. The number of nitrogens with zero attached hydrogens (tertiary/aromatic N) is 2. The van der Waals surface area contributed by atoms with E-state index in [0.717, 1.165) is 5.69 Å². The minimum absolute atomic E-state index is 0.148. The molecule has 0 radical (unpaired) electrons. The largest absolute Gasteiger partial charge is 0.478 e. The van der Waals surface area contributed by atoms with Gasteiger partial charge in [-0.1, -0.05) is 24.3 Å². The van der Waals surface area contributed by atoms with Crippen molar-refractivity contribution in [1.82, 2.24) is 10.3 Å². The van der Waals surface area contributed by atoms with Crippen LogP contribution in [-0.2, 0) is 0 Å². The summed E-state index contributed by atoms with van der Waals surface area (Å²) >= 11 is 5.64. The van der Waals surface area contributed by atoms with Crippen molar-refractivity contribution in [1.29, 1.82) is 0 Å². The predicted molar refractivity (Wildman–Crippen MR) is 125 cm³/mol. The Morgan fingerprint density at radius 1 is 1.03 bits per heavy atom. The Morgan fingerprint density at radius 2 is 1.79 bits per heavy atom. The number of anilines is 1. The first kappa shape index (κ1) is 20.8. The van der Waals surface area contributed by atoms with Crippen LogP contribution in [-0.4, -0.2) is 21.2 Å². The van der Waals surface area contributed by atoms with Crippen LogP contribution in [0.15, 0.2) is 89.5 Å². The van der Waals surface area contributed by atoms with Gasteiger partial charge in [-0.2, -0.15) is 0 Å². The van der Waals surface area contributed by atoms with Crippen LogP contribution in [0.5, 0.6) is 0 Å². The fraction of sp³-hybridized carbons (Fsp3) is 0.0800. The van der Waals surface area contributed by atoms with Gasteiger partial charge in [-0.25, -0.2) is 9.18 Å². The lowest BCUT2D eigenvalue weighted by molar-refractivity contribution is 0.0697. The number of halogens is 1. The zero-order valence-electron chi connectivity index (χ0n) is 17.2. The number of carbonyl (C=O) groups is 1. The molecule has 3 heterocycles. The Hall–Kier alpha value is -4.04. The number of thiocarbonyl (C=S) groups is 1. The minimum atomic E-state index is -1.04. The smallest absolute Gasteiger partial charge is 0.336 e. The number of furan rings is 1. The number of benzene rings is 2. The van der Waals surface area contributed by atoms with Gasteiger partial charge in [-0.15, -0.1) is 0 Å². The first-order chi connectivity index (χ1) is 16.0. The van der Waals surface area contributed by atoms with Crippen LogP contribution in [0.1, 0.15) is 33.9 Å². The van der Waals surface area contributed by atoms with Crippen molar-refractivity contribution in [2.24, 2.45) is 0 Å². The van der Waals surface area contributed by atoms with Gasteiger partial charge in [0.2, 0.25) is 0 Å². The summed E-state index contributed by atoms with van der Waals surface area (Å²) in [5.41, 5.74) is 2.09. The summed E-state index contributed by atoms with van der Waals surface area (Å²) in [6, 6.07) is 21.1. The van der Waals surface area contributed by atoms with Crippen LogP contribution >= 0.6 is 12.2 Å². The van der Waals surface area contributed by atoms with Crippen molar-refractivity contribution < 1.29 is 18.7 Å². The quantitative estimate of drug-likeness (QED) is 0.389. The van der Waals surface area contributed by atoms with E-state index in [1.807, 2.05) is 23.1 Å². The first-order valence-corrected chi connectivity index (χ1v) is 10.6. The minimum Gasteiger partial charge on any atom is -0.478 e. The SMILES string of the molecule is O=C(O)c1ccccc1-c1ccc([C@H]2[C@@H](c3ccccn3)NC(=S)N2c2ccc(F)cc2)o1. The van der Waals surface area contributed by atoms with E-state index in [-0.39, 0.29) is 17.4 Å². The molecule has 2 aromatic heterocycles. The lowest BCUT2D eigenvalue weighted by Gasteiger charge is -2.26. The first-order valence-electron chi connectivity index (χ1n) is 10.2. The highest BCUT2D eigenvalue weighted by molar-refractivity contribution is 7.80. The molecule has 2 N–H and O–H groups in total. The molecule has 6 nitrogen and oxygen atoms in total. The highest BCUT2D eigenvalue weighted by Gasteiger charge is 2.42. The Kier molecular flexibility index (Phi) is 5.35. The van der Waals surface area contributed by atoms with Crippen molar-refractivity contribution in [3.8, 4) is 11.3 Å². The van der Waals surface area contributed by atoms with Crippen LogP contribution in [0.3, 0.4) is 0 Å². The van der Waals surface area contributed by atoms with E-state index in [1.165, 1.54) is 18.2 Å². The van der Waals surface area contributed by atoms with Gasteiger partial charge in [-0.3, -0.25) is 4.98 Å². The van der Waals surface area contributed by atoms with Crippen molar-refractivity contribution in [3.05, 3.63) is 108 Å². The number of aromatic carboxylic acids is 1. The third kappa shape index (κ3) is 3.85. The van der Waals surface area contributed by atoms with Gasteiger partial charge >= 0.3 is 5.97 Å². The molecule has 0 aliphatic carbocycles. The maximum absolute atomic E-state index is 13.6. The summed E-state index contributed by atoms with van der Waals surface area (Å²) in [6.07, 6.45) is 1.70. The molecule has 0 spiro atoms. The maximum Gasteiger partial charge on any atom is 0.336 e. The molecule has 2 aromatic carbocycles. The van der Waals surface area contributed by atoms with E-state index < -0.39 is 12.0 Å². The van der Waals surface area contributed by atoms with Gasteiger partial charge in [0.25, 0.3) is 0 Å². The van der Waals surface area contributed by atoms with Crippen molar-refractivity contribution in [2.75, 3.05) is 4.90 Å². The molecule has 0 unspecified atom stereocenters. The highest BCUT2D eigenvalue weighted by Crippen LogP contribution is 2.43. The number of hydrogen-bond acceptors (Lipinski definition) is 4. The average Bonchev–Trinajstić information content (AvgIpc) is 3.45. The zero-order valence-corrected chi connectivity index (χ0v) is 18.0. The molecule has 1 saturated heterocycles. The molecule has 5 rings (SSSR count). The molecule has 1 fully saturated rings. The third-order valence-corrected chi connectivity index (χ3v) is 5.86. The van der Waals surface area contributed by atoms with Gasteiger partial charge in [0.1, 0.15) is 23.4 Å². The van der Waals surface area contributed by atoms with Gasteiger partial charge in [0.15, 0.2) is 5.11 Å². The van der Waals surface area contributed by atoms with E-state index >= 15 is 0 Å². The second-order valence-corrected chi connectivity index (χ2v) is 7.91. The summed E-state index contributed by atoms with van der Waals surface area (Å²) in [5, 5.41) is 13.3. The summed E-state index contributed by atoms with van der Waals surface area (Å²) in [7, 11) is 0. The number of carboxylic acid groups (broad SMARTS) is 1. The number of rotatable bonds is 5. The topological polar surface area (TPSA) is 78.6 Å². The number of pyridine rings is 1. The molecule has 33 heavy (non-hydrogen) atoms. The zero-order chi connectivity index (χ0) is 22.9. The molecular weight excluding hydrogens is 441 g/mol. The molecule has 4 aromatic rings. The van der Waals surface area contributed by atoms with Crippen LogP contribution in [0.2, 0.25) is 0 Å². The predicted octanol–water partition coefficient (Wildman–Crippen LogP) is 5.36. The molecule has 0 bridgehead atoms. The molecule has 0 saturated carbocycles. The molecule has 2 atom stereocenters. The summed E-state index contributed by atoms with van der Waals surface area (Å²) in [4.78, 5) is 18.0. The van der Waals surface area contributed by atoms with Gasteiger partial charge in [-0.05, 0) is 66.8 Å². The van der Waals surface area contributed by atoms with E-state index in [9.17, 15) is 14.3 Å². The van der Waals surface area contributed by atoms with E-state index in [4.69, 9.17) is 16.6 Å². The molecule has 0 amide bonds. The van der Waals surface area contributed by atoms with Crippen LogP contribution in [0.25, 0.3) is 11.3 Å². The molecule has 1 aliphatic heterocycles. The normalized spacial score (nSPS) is 17.7. The Balaban J connectivity index is 1.61. The van der Waals surface area contributed by atoms with E-state index in [2.05, 4.69) is 10.3 Å². The molecular formula is C25H18FN3O3S. The highest BCUT2D eigenvalue weighted by atomic mass is 32.1. The van der Waals surface area contributed by atoms with E-state index in [0.29, 0.717) is 27.9 Å². The third-order valence-electron chi connectivity index (χ3n) is 5.54. The van der Waals surface area contributed by atoms with Crippen molar-refractivity contribution in [2.45, 2.75) is 12.1 Å². The van der Waals surface area contributed by atoms with Crippen LogP contribution in [0, 0.1) is 5.82 Å². The Labute approximate surface area is 194 Å². The lowest BCUT2D eigenvalue weighted by atomic mass is 10.0. The van der Waals surface area contributed by atoms with Gasteiger partial charge in [0.05, 0.1) is 17.3 Å². The summed E-state index contributed by atoms with van der Waals surface area (Å²) in [5.74, 6) is -0.385. The molecule has 164 valence electrons. The second-order valence-electron chi connectivity index (χ2n) is 7.53. The van der Waals surface area contributed by atoms with Gasteiger partial charge < -0.3 is 19.7 Å². The summed E-state index contributed by atoms with van der Waals surface area (Å²) in [6.45, 7) is 0. The van der Waals surface area contributed by atoms with Crippen LogP contribution in [0.4, 0.5) is 10.1 Å². The average molecular weight is 460 g/mol. The van der Waals surface area contributed by atoms with Crippen LogP contribution < -0.4 is 10.2 Å². The Bertz CT molecular complexity index is 1320. The van der Waals surface area contributed by atoms with Crippen molar-refractivity contribution in [3.63, 3.8) is 0 Å². The fourth-order valence-corrected chi connectivity index (χ4v) is 4.41. The molecule has 1 aliphatic rings. The van der Waals surface area contributed by atoms with Crippen molar-refractivity contribution >= 4 is 29.0 Å². The number of carboxylic acids is 1. The maximum atomic E-state index is 13.6. The summed E-state index contributed by atoms with van der Waals surface area (Å²) < 4.78 is 19.8. The number of nitrogens with one attached hydrogen (secondary N) is 1. The molecule has 8 heteroatoms. The fourth-order valence-electron chi connectivity index (χ4n) is 4.06. The second kappa shape index (κ2) is 8.48. The standard InChI is InChI=1S/C25H18FN3O3S/c26-15-8-10-16(11-9-15)29-23(22(28-25(29)33)19-7-3-4-14-27-19)21-13-12-20(32-21)17-5-1-2-6-18(17)24(30)31/h1-14,22-23H,(H,28,33)(H,30,31)/t22-,23+/m1/s1. The lowest BCUT2D eigenvalue weighted by Crippen LogP contribution is -2.29.